The Kier molecular flexibility index (Phi) is 3.98. The topological polar surface area (TPSA) is 101 Å². The van der Waals surface area contributed by atoms with Crippen LogP contribution in [0.3, 0.4) is 0 Å². The highest BCUT2D eigenvalue weighted by atomic mass is 16.6. The molecule has 1 saturated heterocycles. The number of anilines is 1. The molecular weight excluding hydrogens is 324 g/mol. The molecule has 4 rings (SSSR count). The Bertz CT molecular complexity index is 889. The molecule has 0 aliphatic carbocycles. The van der Waals surface area contributed by atoms with Gasteiger partial charge in [-0.15, -0.1) is 0 Å². The molecule has 0 unspecified atom stereocenters. The number of fused-ring (bicyclic) bond motifs is 1. The zero-order valence-corrected chi connectivity index (χ0v) is 13.4. The van der Waals surface area contributed by atoms with Gasteiger partial charge in [0.1, 0.15) is 0 Å². The van der Waals surface area contributed by atoms with Crippen molar-refractivity contribution in [2.24, 2.45) is 0 Å². The van der Waals surface area contributed by atoms with Crippen LogP contribution < -0.4 is 4.90 Å². The monoisotopic (exact) mass is 340 g/mol. The van der Waals surface area contributed by atoms with Crippen molar-refractivity contribution in [3.05, 3.63) is 52.3 Å². The van der Waals surface area contributed by atoms with Gasteiger partial charge in [0.2, 0.25) is 5.52 Å². The largest absolute Gasteiger partial charge is 0.367 e. The first-order valence-corrected chi connectivity index (χ1v) is 7.98. The SMILES string of the molecule is O=[N+]([O-])c1ccc(N2CCN(Cc3cccnc3)CC2)c2nonc12. The summed E-state index contributed by atoms with van der Waals surface area (Å²) >= 11 is 0. The summed E-state index contributed by atoms with van der Waals surface area (Å²) in [5, 5.41) is 18.7. The van der Waals surface area contributed by atoms with Gasteiger partial charge in [-0.05, 0) is 28.0 Å². The molecule has 0 N–H and O–H groups in total. The molecule has 1 aliphatic heterocycles. The number of nitrogens with zero attached hydrogens (tertiary/aromatic N) is 6. The second-order valence-corrected chi connectivity index (χ2v) is 5.95. The first-order valence-electron chi connectivity index (χ1n) is 7.98. The minimum atomic E-state index is -0.470. The molecule has 0 spiro atoms. The molecule has 25 heavy (non-hydrogen) atoms. The van der Waals surface area contributed by atoms with Crippen LogP contribution in [0.4, 0.5) is 11.4 Å². The van der Waals surface area contributed by atoms with E-state index in [-0.39, 0.29) is 11.2 Å². The van der Waals surface area contributed by atoms with Crippen LogP contribution >= 0.6 is 0 Å². The Morgan fingerprint density at radius 1 is 1.12 bits per heavy atom. The summed E-state index contributed by atoms with van der Waals surface area (Å²) < 4.78 is 4.74. The number of hydrogen-bond acceptors (Lipinski definition) is 8. The maximum Gasteiger partial charge on any atom is 0.300 e. The normalized spacial score (nSPS) is 15.6. The molecule has 1 fully saturated rings. The van der Waals surface area contributed by atoms with Gasteiger partial charge in [0, 0.05) is 51.2 Å². The highest BCUT2D eigenvalue weighted by molar-refractivity contribution is 5.93. The summed E-state index contributed by atoms with van der Waals surface area (Å²) in [7, 11) is 0. The van der Waals surface area contributed by atoms with E-state index in [0.29, 0.717) is 5.52 Å². The Morgan fingerprint density at radius 3 is 2.64 bits per heavy atom. The molecule has 1 aromatic carbocycles. The zero-order valence-electron chi connectivity index (χ0n) is 13.4. The lowest BCUT2D eigenvalue weighted by molar-refractivity contribution is -0.383. The van der Waals surface area contributed by atoms with Crippen LogP contribution in [0, 0.1) is 10.1 Å². The number of benzene rings is 1. The lowest BCUT2D eigenvalue weighted by Crippen LogP contribution is -2.46. The van der Waals surface area contributed by atoms with Gasteiger partial charge in [-0.1, -0.05) is 6.07 Å². The zero-order chi connectivity index (χ0) is 17.2. The first-order chi connectivity index (χ1) is 12.2. The van der Waals surface area contributed by atoms with Crippen LogP contribution in [0.2, 0.25) is 0 Å². The smallest absolute Gasteiger partial charge is 0.300 e. The molecule has 0 saturated carbocycles. The van der Waals surface area contributed by atoms with Crippen LogP contribution in [-0.4, -0.2) is 51.3 Å². The third kappa shape index (κ3) is 3.01. The molecule has 0 atom stereocenters. The second kappa shape index (κ2) is 6.44. The fraction of sp³-hybridized carbons (Fsp3) is 0.312. The predicted molar refractivity (Wildman–Crippen MR) is 90.2 cm³/mol. The lowest BCUT2D eigenvalue weighted by Gasteiger charge is -2.35. The van der Waals surface area contributed by atoms with Crippen molar-refractivity contribution in [3.63, 3.8) is 0 Å². The summed E-state index contributed by atoms with van der Waals surface area (Å²) in [4.78, 5) is 19.3. The van der Waals surface area contributed by atoms with E-state index in [0.717, 1.165) is 38.4 Å². The van der Waals surface area contributed by atoms with Crippen molar-refractivity contribution in [2.45, 2.75) is 6.54 Å². The van der Waals surface area contributed by atoms with Crippen LogP contribution in [-0.2, 0) is 6.54 Å². The van der Waals surface area contributed by atoms with E-state index in [2.05, 4.69) is 31.2 Å². The van der Waals surface area contributed by atoms with E-state index in [1.54, 1.807) is 12.3 Å². The van der Waals surface area contributed by atoms with Gasteiger partial charge >= 0.3 is 5.69 Å². The molecule has 3 aromatic rings. The van der Waals surface area contributed by atoms with E-state index >= 15 is 0 Å². The first kappa shape index (κ1) is 15.5. The number of rotatable bonds is 4. The van der Waals surface area contributed by atoms with Crippen molar-refractivity contribution in [1.82, 2.24) is 20.2 Å². The number of nitro groups is 1. The summed E-state index contributed by atoms with van der Waals surface area (Å²) in [5.74, 6) is 0. The van der Waals surface area contributed by atoms with Crippen molar-refractivity contribution in [1.29, 1.82) is 0 Å². The maximum absolute atomic E-state index is 11.1. The van der Waals surface area contributed by atoms with Crippen molar-refractivity contribution >= 4 is 22.4 Å². The van der Waals surface area contributed by atoms with Crippen LogP contribution in [0.1, 0.15) is 5.56 Å². The average molecular weight is 340 g/mol. The van der Waals surface area contributed by atoms with Crippen LogP contribution in [0.5, 0.6) is 0 Å². The van der Waals surface area contributed by atoms with Crippen molar-refractivity contribution in [3.8, 4) is 0 Å². The predicted octanol–water partition coefficient (Wildman–Crippen LogP) is 1.85. The number of non-ortho nitro benzene ring substituents is 1. The van der Waals surface area contributed by atoms with Crippen molar-refractivity contribution in [2.75, 3.05) is 31.1 Å². The quantitative estimate of drug-likeness (QED) is 0.524. The van der Waals surface area contributed by atoms with Crippen molar-refractivity contribution < 1.29 is 9.55 Å². The Hall–Kier alpha value is -3.07. The second-order valence-electron chi connectivity index (χ2n) is 5.95. The van der Waals surface area contributed by atoms with E-state index < -0.39 is 4.92 Å². The third-order valence-electron chi connectivity index (χ3n) is 4.41. The molecule has 2 aromatic heterocycles. The Labute approximate surface area is 143 Å². The summed E-state index contributed by atoms with van der Waals surface area (Å²) in [6, 6.07) is 7.20. The summed E-state index contributed by atoms with van der Waals surface area (Å²) in [6.45, 7) is 4.25. The molecule has 3 heterocycles. The fourth-order valence-corrected chi connectivity index (χ4v) is 3.14. The van der Waals surface area contributed by atoms with Crippen LogP contribution in [0.15, 0.2) is 41.3 Å². The van der Waals surface area contributed by atoms with Gasteiger partial charge in [0.25, 0.3) is 0 Å². The standard InChI is InChI=1S/C16H16N6O3/c23-22(24)14-4-3-13(15-16(14)19-25-18-15)21-8-6-20(7-9-21)11-12-2-1-5-17-10-12/h1-5,10H,6-9,11H2. The van der Waals surface area contributed by atoms with Gasteiger partial charge in [0.15, 0.2) is 5.52 Å². The van der Waals surface area contributed by atoms with Gasteiger partial charge in [-0.3, -0.25) is 20.0 Å². The van der Waals surface area contributed by atoms with E-state index in [1.165, 1.54) is 11.6 Å². The van der Waals surface area contributed by atoms with E-state index in [9.17, 15) is 10.1 Å². The maximum atomic E-state index is 11.1. The molecule has 0 amide bonds. The van der Waals surface area contributed by atoms with Gasteiger partial charge < -0.3 is 4.90 Å². The number of pyridine rings is 1. The Morgan fingerprint density at radius 2 is 1.92 bits per heavy atom. The average Bonchev–Trinajstić information content (AvgIpc) is 3.12. The highest BCUT2D eigenvalue weighted by Crippen LogP contribution is 2.31. The number of piperazine rings is 1. The number of hydrogen-bond donors (Lipinski definition) is 0. The van der Waals surface area contributed by atoms with Crippen LogP contribution in [0.25, 0.3) is 11.0 Å². The minimum Gasteiger partial charge on any atom is -0.367 e. The van der Waals surface area contributed by atoms with Gasteiger partial charge in [-0.25, -0.2) is 4.63 Å². The van der Waals surface area contributed by atoms with Gasteiger partial charge in [-0.2, -0.15) is 0 Å². The van der Waals surface area contributed by atoms with E-state index in [4.69, 9.17) is 4.63 Å². The van der Waals surface area contributed by atoms with E-state index in [1.807, 2.05) is 12.3 Å². The number of nitro benzene ring substituents is 1. The molecule has 1 aliphatic rings. The molecule has 0 bridgehead atoms. The molecule has 9 nitrogen and oxygen atoms in total. The molecule has 128 valence electrons. The third-order valence-corrected chi connectivity index (χ3v) is 4.41. The summed E-state index contributed by atoms with van der Waals surface area (Å²) in [6.07, 6.45) is 3.65. The fourth-order valence-electron chi connectivity index (χ4n) is 3.14. The molecule has 0 radical (unpaired) electrons. The lowest BCUT2D eigenvalue weighted by atomic mass is 10.2. The minimum absolute atomic E-state index is 0.0878. The van der Waals surface area contributed by atoms with Gasteiger partial charge in [0.05, 0.1) is 10.6 Å². The highest BCUT2D eigenvalue weighted by Gasteiger charge is 2.24. The summed E-state index contributed by atoms with van der Waals surface area (Å²) in [5.41, 5.74) is 2.56. The molecular formula is C16H16N6O3. The Balaban J connectivity index is 1.50. The number of aromatic nitrogens is 3. The molecule has 9 heteroatoms.